The summed E-state index contributed by atoms with van der Waals surface area (Å²) >= 11 is 0. The lowest BCUT2D eigenvalue weighted by Gasteiger charge is -2.29. The lowest BCUT2D eigenvalue weighted by molar-refractivity contribution is 0.673. The minimum Gasteiger partial charge on any atom is -0.309 e. The fourth-order valence-corrected chi connectivity index (χ4v) is 15.5. The Morgan fingerprint density at radius 1 is 0.260 bits per heavy atom. The number of rotatable bonds is 11. The van der Waals surface area contributed by atoms with Gasteiger partial charge in [-0.1, -0.05) is 237 Å². The molecule has 5 nitrogen and oxygen atoms in total. The molecule has 0 spiro atoms. The van der Waals surface area contributed by atoms with E-state index in [9.17, 15) is 0 Å². The SMILES string of the molecule is c1ccc(-c2nc(-c3ccc(CC4Cc5ccccc5-c5cc(-c6ccc7c(c6)c6ccccc6n7-c6ccccc6)ccc54)cc3)cc(-c3ccc(-c4ccc(-n5c6ccccc6c6cc(-c7ccc8c(c7)c7ccccc7n8-c7ccccc7)ccc65)cc4)cc3)n2)cc1. The maximum atomic E-state index is 5.24. The quantitative estimate of drug-likeness (QED) is 0.129. The Bertz CT molecular complexity index is 6040. The molecular weight excluding hydrogens is 1160 g/mol. The van der Waals surface area contributed by atoms with Gasteiger partial charge >= 0.3 is 0 Å². The maximum Gasteiger partial charge on any atom is 0.160 e. The second kappa shape index (κ2) is 22.7. The van der Waals surface area contributed by atoms with Crippen LogP contribution in [0.25, 0.3) is 161 Å². The van der Waals surface area contributed by atoms with Crippen LogP contribution in [0.1, 0.15) is 22.6 Å². The van der Waals surface area contributed by atoms with Crippen molar-refractivity contribution in [3.05, 3.63) is 356 Å². The van der Waals surface area contributed by atoms with Crippen LogP contribution in [0.5, 0.6) is 0 Å². The summed E-state index contributed by atoms with van der Waals surface area (Å²) in [7, 11) is 0. The Hall–Kier alpha value is -12.4. The van der Waals surface area contributed by atoms with Crippen molar-refractivity contribution in [1.29, 1.82) is 0 Å². The largest absolute Gasteiger partial charge is 0.309 e. The van der Waals surface area contributed by atoms with Gasteiger partial charge in [-0.3, -0.25) is 0 Å². The number of hydrogen-bond acceptors (Lipinski definition) is 2. The van der Waals surface area contributed by atoms with Crippen LogP contribution >= 0.6 is 0 Å². The Morgan fingerprint density at radius 2 is 0.635 bits per heavy atom. The van der Waals surface area contributed by atoms with E-state index in [1.807, 2.05) is 6.07 Å². The summed E-state index contributed by atoms with van der Waals surface area (Å²) in [5.74, 6) is 1.02. The minimum absolute atomic E-state index is 0.322. The number of fused-ring (bicyclic) bond motifs is 12. The normalized spacial score (nSPS) is 12.9. The first-order valence-electron chi connectivity index (χ1n) is 33.3. The third-order valence-electron chi connectivity index (χ3n) is 20.1. The number of hydrogen-bond donors (Lipinski definition) is 0. The zero-order chi connectivity index (χ0) is 63.2. The predicted molar refractivity (Wildman–Crippen MR) is 400 cm³/mol. The molecule has 0 fully saturated rings. The van der Waals surface area contributed by atoms with Gasteiger partial charge in [-0.15, -0.1) is 0 Å². The van der Waals surface area contributed by atoms with E-state index in [0.717, 1.165) is 63.4 Å². The van der Waals surface area contributed by atoms with Crippen molar-refractivity contribution >= 4 is 65.4 Å². The fourth-order valence-electron chi connectivity index (χ4n) is 15.5. The standard InChI is InChI=1S/C91H61N5/c1-4-18-64(19-5-1)91-92-83(62-34-32-59(33-35-62)52-70-53-69-20-10-11-25-74(69)79-54-65(42-48-75(70)79)66-43-49-88-80(55-66)76-26-12-15-29-85(76)94(88)71-21-6-2-7-22-71)58-84(93-91)63-38-36-60(37-39-63)61-40-46-73(47-41-61)96-87-31-17-14-28-78(87)82-57-68(45-51-90(82)96)67-44-50-89-81(56-67)77-27-13-16-30-86(77)95(89)72-23-8-3-9-24-72/h1-51,54-58,70H,52-53H2. The molecule has 19 rings (SSSR count). The first-order valence-corrected chi connectivity index (χ1v) is 33.3. The highest BCUT2D eigenvalue weighted by Crippen LogP contribution is 2.45. The van der Waals surface area contributed by atoms with Crippen LogP contribution in [0.4, 0.5) is 0 Å². The Morgan fingerprint density at radius 3 is 1.15 bits per heavy atom. The highest BCUT2D eigenvalue weighted by Gasteiger charge is 2.26. The Balaban J connectivity index is 0.595. The summed E-state index contributed by atoms with van der Waals surface area (Å²) in [5, 5.41) is 7.48. The molecule has 4 heterocycles. The van der Waals surface area contributed by atoms with Crippen LogP contribution in [-0.2, 0) is 12.8 Å². The molecule has 0 saturated carbocycles. The number of para-hydroxylation sites is 5. The van der Waals surface area contributed by atoms with Crippen LogP contribution in [0.15, 0.2) is 340 Å². The zero-order valence-corrected chi connectivity index (χ0v) is 52.6. The van der Waals surface area contributed by atoms with Crippen LogP contribution in [0, 0.1) is 0 Å². The van der Waals surface area contributed by atoms with Crippen molar-refractivity contribution in [2.45, 2.75) is 18.8 Å². The molecule has 0 N–H and O–H groups in total. The maximum absolute atomic E-state index is 5.24. The number of benzene rings is 14. The average molecular weight is 1220 g/mol. The molecule has 1 aliphatic carbocycles. The van der Waals surface area contributed by atoms with Gasteiger partial charge in [-0.25, -0.2) is 9.97 Å². The summed E-state index contributed by atoms with van der Waals surface area (Å²) < 4.78 is 7.17. The zero-order valence-electron chi connectivity index (χ0n) is 52.6. The highest BCUT2D eigenvalue weighted by atomic mass is 15.0. The molecule has 0 bridgehead atoms. The molecule has 0 amide bonds. The molecule has 1 atom stereocenters. The molecular formula is C91H61N5. The molecule has 450 valence electrons. The fraction of sp³-hybridized carbons (Fsp3) is 0.0330. The molecule has 96 heavy (non-hydrogen) atoms. The van der Waals surface area contributed by atoms with Crippen molar-refractivity contribution in [3.63, 3.8) is 0 Å². The van der Waals surface area contributed by atoms with Crippen molar-refractivity contribution in [3.8, 4) is 95.5 Å². The van der Waals surface area contributed by atoms with Gasteiger partial charge in [-0.2, -0.15) is 0 Å². The summed E-state index contributed by atoms with van der Waals surface area (Å²) in [5.41, 5.74) is 29.4. The second-order valence-corrected chi connectivity index (χ2v) is 25.6. The topological polar surface area (TPSA) is 40.6 Å². The van der Waals surface area contributed by atoms with Crippen LogP contribution in [-0.4, -0.2) is 23.7 Å². The predicted octanol–water partition coefficient (Wildman–Crippen LogP) is 23.3. The van der Waals surface area contributed by atoms with Crippen molar-refractivity contribution in [2.24, 2.45) is 0 Å². The van der Waals surface area contributed by atoms with Gasteiger partial charge in [0.1, 0.15) is 0 Å². The summed E-state index contributed by atoms with van der Waals surface area (Å²) in [6.07, 6.45) is 1.91. The van der Waals surface area contributed by atoms with Crippen LogP contribution in [0.3, 0.4) is 0 Å². The monoisotopic (exact) mass is 1220 g/mol. The van der Waals surface area contributed by atoms with E-state index in [-0.39, 0.29) is 0 Å². The molecule has 4 aromatic heterocycles. The second-order valence-electron chi connectivity index (χ2n) is 25.6. The van der Waals surface area contributed by atoms with Gasteiger partial charge in [0, 0.05) is 66.1 Å². The highest BCUT2D eigenvalue weighted by molar-refractivity contribution is 6.13. The van der Waals surface area contributed by atoms with Crippen LogP contribution in [0.2, 0.25) is 0 Å². The molecule has 0 radical (unpaired) electrons. The smallest absolute Gasteiger partial charge is 0.160 e. The van der Waals surface area contributed by atoms with Crippen molar-refractivity contribution in [2.75, 3.05) is 0 Å². The van der Waals surface area contributed by atoms with Crippen LogP contribution < -0.4 is 0 Å². The number of nitrogens with zero attached hydrogens (tertiary/aromatic N) is 5. The molecule has 18 aromatic rings. The van der Waals surface area contributed by atoms with E-state index in [4.69, 9.17) is 9.97 Å². The van der Waals surface area contributed by atoms with Crippen molar-refractivity contribution < 1.29 is 0 Å². The first-order chi connectivity index (χ1) is 47.6. The molecule has 1 unspecified atom stereocenters. The van der Waals surface area contributed by atoms with Gasteiger partial charge < -0.3 is 13.7 Å². The first kappa shape index (κ1) is 55.2. The Kier molecular flexibility index (Phi) is 13.1. The van der Waals surface area contributed by atoms with Gasteiger partial charge in [0.25, 0.3) is 0 Å². The van der Waals surface area contributed by atoms with E-state index in [1.165, 1.54) is 121 Å². The van der Waals surface area contributed by atoms with E-state index < -0.39 is 0 Å². The van der Waals surface area contributed by atoms with Crippen molar-refractivity contribution in [1.82, 2.24) is 23.7 Å². The van der Waals surface area contributed by atoms with E-state index in [0.29, 0.717) is 11.7 Å². The lowest BCUT2D eigenvalue weighted by Crippen LogP contribution is -2.14. The van der Waals surface area contributed by atoms with E-state index >= 15 is 0 Å². The third-order valence-corrected chi connectivity index (χ3v) is 20.1. The van der Waals surface area contributed by atoms with Gasteiger partial charge in [-0.05, 0) is 183 Å². The molecule has 1 aliphatic rings. The number of aromatic nitrogens is 5. The van der Waals surface area contributed by atoms with Gasteiger partial charge in [0.2, 0.25) is 0 Å². The lowest BCUT2D eigenvalue weighted by atomic mass is 9.75. The summed E-state index contributed by atoms with van der Waals surface area (Å²) in [4.78, 5) is 10.5. The van der Waals surface area contributed by atoms with Gasteiger partial charge in [0.05, 0.1) is 44.5 Å². The molecule has 0 aliphatic heterocycles. The average Bonchev–Trinajstić information content (AvgIpc) is 1.39. The third kappa shape index (κ3) is 9.38. The van der Waals surface area contributed by atoms with Gasteiger partial charge in [0.15, 0.2) is 5.82 Å². The minimum atomic E-state index is 0.322. The Labute approximate surface area is 556 Å². The summed E-state index contributed by atoms with van der Waals surface area (Å²) in [6.45, 7) is 0. The van der Waals surface area contributed by atoms with E-state index in [2.05, 4.69) is 347 Å². The van der Waals surface area contributed by atoms with E-state index in [1.54, 1.807) is 0 Å². The molecule has 14 aromatic carbocycles. The molecule has 0 saturated heterocycles. The molecule has 5 heteroatoms. The summed E-state index contributed by atoms with van der Waals surface area (Å²) in [6, 6.07) is 124.